The van der Waals surface area contributed by atoms with Crippen LogP contribution in [-0.4, -0.2) is 29.1 Å². The molecule has 0 spiro atoms. The topological polar surface area (TPSA) is 78.9 Å². The molecule has 3 rings (SSSR count). The van der Waals surface area contributed by atoms with Crippen molar-refractivity contribution in [3.05, 3.63) is 59.2 Å². The molecule has 2 N–H and O–H groups in total. The number of rotatable bonds is 4. The fraction of sp³-hybridized carbons (Fsp3) is 0.190. The highest BCUT2D eigenvalue weighted by atomic mass is 32.1. The molecular formula is C21H20N2O4S. The summed E-state index contributed by atoms with van der Waals surface area (Å²) >= 11 is 5.21. The van der Waals surface area contributed by atoms with Crippen LogP contribution in [0.15, 0.2) is 48.0 Å². The van der Waals surface area contributed by atoms with Crippen LogP contribution in [0.3, 0.4) is 0 Å². The lowest BCUT2D eigenvalue weighted by molar-refractivity contribution is -0.122. The zero-order valence-electron chi connectivity index (χ0n) is 15.7. The number of carbonyl (C=O) groups excluding carboxylic acids is 2. The summed E-state index contributed by atoms with van der Waals surface area (Å²) in [6, 6.07) is 12.0. The first-order valence-electron chi connectivity index (χ1n) is 8.70. The van der Waals surface area contributed by atoms with E-state index in [4.69, 9.17) is 17.0 Å². The van der Waals surface area contributed by atoms with E-state index in [1.54, 1.807) is 18.2 Å². The van der Waals surface area contributed by atoms with E-state index in [2.05, 4.69) is 19.2 Å². The molecule has 7 heteroatoms. The van der Waals surface area contributed by atoms with Crippen molar-refractivity contribution in [2.45, 2.75) is 19.8 Å². The molecule has 1 aliphatic rings. The van der Waals surface area contributed by atoms with Gasteiger partial charge in [-0.05, 0) is 59.6 Å². The van der Waals surface area contributed by atoms with E-state index < -0.39 is 11.8 Å². The second-order valence-corrected chi connectivity index (χ2v) is 7.02. The number of carbonyl (C=O) groups is 2. The number of nitrogens with one attached hydrogen (secondary N) is 1. The summed E-state index contributed by atoms with van der Waals surface area (Å²) in [7, 11) is 1.42. The fourth-order valence-corrected chi connectivity index (χ4v) is 3.13. The normalized spacial score (nSPS) is 15.9. The number of amides is 2. The third-order valence-electron chi connectivity index (χ3n) is 4.43. The van der Waals surface area contributed by atoms with Gasteiger partial charge in [-0.15, -0.1) is 0 Å². The first kappa shape index (κ1) is 19.6. The molecule has 2 aromatic carbocycles. The van der Waals surface area contributed by atoms with E-state index >= 15 is 0 Å². The molecule has 1 fully saturated rings. The average Bonchev–Trinajstić information content (AvgIpc) is 2.66. The SMILES string of the molecule is COc1cc(/C=C2\C(=O)NC(=S)N(c3ccc(C(C)C)cc3)C2=O)ccc1O. The number of aromatic hydroxyl groups is 1. The van der Waals surface area contributed by atoms with Crippen LogP contribution in [0, 0.1) is 0 Å². The van der Waals surface area contributed by atoms with E-state index in [0.717, 1.165) is 5.56 Å². The third-order valence-corrected chi connectivity index (χ3v) is 4.72. The van der Waals surface area contributed by atoms with Gasteiger partial charge in [0.25, 0.3) is 11.8 Å². The first-order valence-corrected chi connectivity index (χ1v) is 9.11. The number of hydrogen-bond donors (Lipinski definition) is 2. The highest BCUT2D eigenvalue weighted by Crippen LogP contribution is 2.29. The molecule has 0 atom stereocenters. The maximum Gasteiger partial charge on any atom is 0.270 e. The maximum atomic E-state index is 13.0. The maximum absolute atomic E-state index is 13.0. The van der Waals surface area contributed by atoms with Crippen LogP contribution in [0.1, 0.15) is 30.9 Å². The van der Waals surface area contributed by atoms with E-state index in [1.165, 1.54) is 30.2 Å². The Morgan fingerprint density at radius 1 is 1.14 bits per heavy atom. The van der Waals surface area contributed by atoms with E-state index in [0.29, 0.717) is 17.2 Å². The molecule has 2 amide bonds. The summed E-state index contributed by atoms with van der Waals surface area (Å²) in [4.78, 5) is 26.7. The van der Waals surface area contributed by atoms with Gasteiger partial charge in [-0.2, -0.15) is 0 Å². The number of methoxy groups -OCH3 is 1. The molecule has 0 radical (unpaired) electrons. The smallest absolute Gasteiger partial charge is 0.270 e. The minimum Gasteiger partial charge on any atom is -0.504 e. The molecular weight excluding hydrogens is 376 g/mol. The second-order valence-electron chi connectivity index (χ2n) is 6.64. The number of benzene rings is 2. The molecule has 6 nitrogen and oxygen atoms in total. The predicted molar refractivity (Wildman–Crippen MR) is 111 cm³/mol. The van der Waals surface area contributed by atoms with E-state index in [-0.39, 0.29) is 22.2 Å². The molecule has 28 heavy (non-hydrogen) atoms. The van der Waals surface area contributed by atoms with Gasteiger partial charge < -0.3 is 9.84 Å². The minimum absolute atomic E-state index is 0.0304. The molecule has 2 aromatic rings. The Kier molecular flexibility index (Phi) is 5.46. The molecule has 0 aromatic heterocycles. The molecule has 0 saturated carbocycles. The Morgan fingerprint density at radius 2 is 1.82 bits per heavy atom. The van der Waals surface area contributed by atoms with Crippen molar-refractivity contribution in [3.8, 4) is 11.5 Å². The average molecular weight is 396 g/mol. The van der Waals surface area contributed by atoms with Crippen LogP contribution in [0.5, 0.6) is 11.5 Å². The molecule has 0 unspecified atom stereocenters. The summed E-state index contributed by atoms with van der Waals surface area (Å²) in [5.41, 5.74) is 2.19. The van der Waals surface area contributed by atoms with E-state index in [1.807, 2.05) is 12.1 Å². The van der Waals surface area contributed by atoms with E-state index in [9.17, 15) is 14.7 Å². The zero-order chi connectivity index (χ0) is 20.4. The van der Waals surface area contributed by atoms with Gasteiger partial charge in [0.2, 0.25) is 0 Å². The summed E-state index contributed by atoms with van der Waals surface area (Å²) in [5, 5.41) is 12.3. The number of nitrogens with zero attached hydrogens (tertiary/aromatic N) is 1. The summed E-state index contributed by atoms with van der Waals surface area (Å²) in [5.74, 6) is -0.514. The van der Waals surface area contributed by atoms with Crippen molar-refractivity contribution in [3.63, 3.8) is 0 Å². The highest BCUT2D eigenvalue weighted by molar-refractivity contribution is 7.80. The number of thiocarbonyl (C=S) groups is 1. The number of hydrogen-bond acceptors (Lipinski definition) is 5. The van der Waals surface area contributed by atoms with Gasteiger partial charge in [0, 0.05) is 0 Å². The Balaban J connectivity index is 1.98. The number of phenolic OH excluding ortho intramolecular Hbond substituents is 1. The molecule has 0 bridgehead atoms. The monoisotopic (exact) mass is 396 g/mol. The standard InChI is InChI=1S/C21H20N2O4S/c1-12(2)14-5-7-15(8-6-14)23-20(26)16(19(25)22-21(23)28)10-13-4-9-17(24)18(11-13)27-3/h4-12,24H,1-3H3,(H,22,25,28)/b16-10+. The Hall–Kier alpha value is -3.19. The summed E-state index contributed by atoms with van der Waals surface area (Å²) in [6.07, 6.45) is 1.44. The van der Waals surface area contributed by atoms with Crippen molar-refractivity contribution in [2.24, 2.45) is 0 Å². The van der Waals surface area contributed by atoms with Crippen LogP contribution >= 0.6 is 12.2 Å². The quantitative estimate of drug-likeness (QED) is 0.471. The van der Waals surface area contributed by atoms with Crippen LogP contribution in [-0.2, 0) is 9.59 Å². The third kappa shape index (κ3) is 3.75. The summed E-state index contributed by atoms with van der Waals surface area (Å²) < 4.78 is 5.07. The Labute approximate surface area is 168 Å². The Bertz CT molecular complexity index is 980. The minimum atomic E-state index is -0.572. The number of ether oxygens (including phenoxy) is 1. The molecule has 1 heterocycles. The second kappa shape index (κ2) is 7.82. The molecule has 0 aliphatic carbocycles. The van der Waals surface area contributed by atoms with Crippen molar-refractivity contribution >= 4 is 40.9 Å². The molecule has 1 aliphatic heterocycles. The van der Waals surface area contributed by atoms with Gasteiger partial charge >= 0.3 is 0 Å². The van der Waals surface area contributed by atoms with Gasteiger partial charge in [0.15, 0.2) is 16.6 Å². The van der Waals surface area contributed by atoms with Crippen LogP contribution < -0.4 is 15.0 Å². The van der Waals surface area contributed by atoms with Gasteiger partial charge in [0.05, 0.1) is 12.8 Å². The lowest BCUT2D eigenvalue weighted by Gasteiger charge is -2.29. The van der Waals surface area contributed by atoms with Crippen molar-refractivity contribution in [1.29, 1.82) is 0 Å². The lowest BCUT2D eigenvalue weighted by Crippen LogP contribution is -2.54. The predicted octanol–water partition coefficient (Wildman–Crippen LogP) is 3.36. The van der Waals surface area contributed by atoms with Crippen LogP contribution in [0.2, 0.25) is 0 Å². The fourth-order valence-electron chi connectivity index (χ4n) is 2.85. The lowest BCUT2D eigenvalue weighted by atomic mass is 10.0. The first-order chi connectivity index (χ1) is 13.3. The Morgan fingerprint density at radius 3 is 2.43 bits per heavy atom. The molecule has 144 valence electrons. The number of phenols is 1. The van der Waals surface area contributed by atoms with Crippen LogP contribution in [0.4, 0.5) is 5.69 Å². The highest BCUT2D eigenvalue weighted by Gasteiger charge is 2.34. The van der Waals surface area contributed by atoms with Gasteiger partial charge in [-0.3, -0.25) is 19.8 Å². The zero-order valence-corrected chi connectivity index (χ0v) is 16.5. The largest absolute Gasteiger partial charge is 0.504 e. The molecule has 1 saturated heterocycles. The van der Waals surface area contributed by atoms with Gasteiger partial charge in [0.1, 0.15) is 5.57 Å². The summed E-state index contributed by atoms with van der Waals surface area (Å²) in [6.45, 7) is 4.16. The number of anilines is 1. The van der Waals surface area contributed by atoms with Crippen molar-refractivity contribution < 1.29 is 19.4 Å². The van der Waals surface area contributed by atoms with Crippen LogP contribution in [0.25, 0.3) is 6.08 Å². The van der Waals surface area contributed by atoms with Gasteiger partial charge in [-0.25, -0.2) is 0 Å². The van der Waals surface area contributed by atoms with Crippen molar-refractivity contribution in [1.82, 2.24) is 5.32 Å². The van der Waals surface area contributed by atoms with Gasteiger partial charge in [-0.1, -0.05) is 32.0 Å². The van der Waals surface area contributed by atoms with Crippen molar-refractivity contribution in [2.75, 3.05) is 12.0 Å².